The summed E-state index contributed by atoms with van der Waals surface area (Å²) in [6.07, 6.45) is 2.31. The number of ether oxygens (including phenoxy) is 1. The summed E-state index contributed by atoms with van der Waals surface area (Å²) < 4.78 is 5.49. The van der Waals surface area contributed by atoms with Gasteiger partial charge >= 0.3 is 0 Å². The second-order valence-electron chi connectivity index (χ2n) is 8.69. The zero-order valence-corrected chi connectivity index (χ0v) is 18.6. The van der Waals surface area contributed by atoms with Gasteiger partial charge in [-0.05, 0) is 40.5 Å². The number of piperidine rings is 1. The van der Waals surface area contributed by atoms with Crippen LogP contribution in [-0.2, 0) is 4.74 Å². The first kappa shape index (κ1) is 22.1. The number of hydrogen-bond acceptors (Lipinski definition) is 8. The Morgan fingerprint density at radius 1 is 1.10 bits per heavy atom. The van der Waals surface area contributed by atoms with E-state index in [4.69, 9.17) is 10.5 Å². The lowest BCUT2D eigenvalue weighted by Crippen LogP contribution is -2.49. The van der Waals surface area contributed by atoms with Gasteiger partial charge in [0.2, 0.25) is 5.95 Å². The van der Waals surface area contributed by atoms with Gasteiger partial charge in [0, 0.05) is 63.5 Å². The molecule has 164 valence electrons. The molecule has 3 N–H and O–H groups in total. The fourth-order valence-corrected chi connectivity index (χ4v) is 4.53. The molecule has 3 rings (SSSR count). The summed E-state index contributed by atoms with van der Waals surface area (Å²) in [5, 5.41) is 3.44. The van der Waals surface area contributed by atoms with Crippen LogP contribution >= 0.6 is 0 Å². The zero-order chi connectivity index (χ0) is 20.8. The molecule has 8 heteroatoms. The molecule has 2 aliphatic heterocycles. The molecule has 0 radical (unpaired) electrons. The highest BCUT2D eigenvalue weighted by atomic mass is 16.5. The van der Waals surface area contributed by atoms with Gasteiger partial charge in [-0.3, -0.25) is 9.80 Å². The van der Waals surface area contributed by atoms with Crippen molar-refractivity contribution in [2.45, 2.75) is 58.7 Å². The number of rotatable bonds is 8. The molecule has 1 aromatic rings. The highest BCUT2D eigenvalue weighted by molar-refractivity contribution is 5.52. The van der Waals surface area contributed by atoms with Crippen LogP contribution in [0.4, 0.5) is 17.6 Å². The maximum absolute atomic E-state index is 6.02. The van der Waals surface area contributed by atoms with Crippen LogP contribution in [-0.4, -0.2) is 90.4 Å². The maximum atomic E-state index is 6.02. The van der Waals surface area contributed by atoms with Gasteiger partial charge in [-0.25, -0.2) is 0 Å². The molecule has 0 unspecified atom stereocenters. The summed E-state index contributed by atoms with van der Waals surface area (Å²) in [7, 11) is 0. The van der Waals surface area contributed by atoms with Crippen molar-refractivity contribution in [1.82, 2.24) is 19.8 Å². The van der Waals surface area contributed by atoms with Crippen LogP contribution in [0.25, 0.3) is 0 Å². The Morgan fingerprint density at radius 2 is 1.76 bits per heavy atom. The van der Waals surface area contributed by atoms with Crippen molar-refractivity contribution in [3.8, 4) is 0 Å². The quantitative estimate of drug-likeness (QED) is 0.678. The number of hydrogen-bond donors (Lipinski definition) is 2. The number of aromatic nitrogens is 2. The molecule has 0 saturated carbocycles. The van der Waals surface area contributed by atoms with Crippen molar-refractivity contribution in [3.05, 3.63) is 6.07 Å². The third-order valence-electron chi connectivity index (χ3n) is 6.08. The summed E-state index contributed by atoms with van der Waals surface area (Å²) in [6, 6.07) is 3.75. The van der Waals surface area contributed by atoms with E-state index in [0.717, 1.165) is 77.0 Å². The molecular formula is C21H39N7O. The monoisotopic (exact) mass is 405 g/mol. The van der Waals surface area contributed by atoms with E-state index >= 15 is 0 Å². The molecule has 0 amide bonds. The second-order valence-corrected chi connectivity index (χ2v) is 8.69. The smallest absolute Gasteiger partial charge is 0.223 e. The van der Waals surface area contributed by atoms with Crippen LogP contribution in [0, 0.1) is 0 Å². The van der Waals surface area contributed by atoms with Crippen LogP contribution in [0.5, 0.6) is 0 Å². The van der Waals surface area contributed by atoms with Crippen molar-refractivity contribution in [3.63, 3.8) is 0 Å². The summed E-state index contributed by atoms with van der Waals surface area (Å²) in [5.41, 5.74) is 6.02. The molecule has 0 atom stereocenters. The lowest BCUT2D eigenvalue weighted by molar-refractivity contribution is 0.0115. The number of nitrogens with zero attached hydrogens (tertiary/aromatic N) is 5. The lowest BCUT2D eigenvalue weighted by Gasteiger charge is -2.40. The Morgan fingerprint density at radius 3 is 2.38 bits per heavy atom. The van der Waals surface area contributed by atoms with Gasteiger partial charge in [-0.1, -0.05) is 0 Å². The van der Waals surface area contributed by atoms with Crippen molar-refractivity contribution in [2.24, 2.45) is 0 Å². The number of morpholine rings is 1. The SMILES string of the molecule is CC(C)N(CCNc1cc(N2CCC(N3CCOCC3)CC2)nc(N)n1)C(C)C. The molecule has 2 fully saturated rings. The molecule has 3 heterocycles. The normalized spacial score (nSPS) is 19.5. The number of anilines is 3. The van der Waals surface area contributed by atoms with Gasteiger partial charge in [-0.2, -0.15) is 9.97 Å². The van der Waals surface area contributed by atoms with Crippen LogP contribution in [0.2, 0.25) is 0 Å². The van der Waals surface area contributed by atoms with E-state index in [1.54, 1.807) is 0 Å². The molecule has 0 spiro atoms. The van der Waals surface area contributed by atoms with Gasteiger partial charge < -0.3 is 20.7 Å². The molecule has 1 aromatic heterocycles. The van der Waals surface area contributed by atoms with E-state index in [2.05, 4.69) is 57.7 Å². The van der Waals surface area contributed by atoms with Crippen molar-refractivity contribution in [2.75, 3.05) is 68.4 Å². The van der Waals surface area contributed by atoms with Gasteiger partial charge in [0.05, 0.1) is 13.2 Å². The summed E-state index contributed by atoms with van der Waals surface area (Å²) in [4.78, 5) is 16.3. The average Bonchev–Trinajstić information content (AvgIpc) is 2.71. The largest absolute Gasteiger partial charge is 0.379 e. The molecule has 0 aromatic carbocycles. The molecule has 2 aliphatic rings. The average molecular weight is 406 g/mol. The Bertz CT molecular complexity index is 617. The van der Waals surface area contributed by atoms with Crippen molar-refractivity contribution in [1.29, 1.82) is 0 Å². The summed E-state index contributed by atoms with van der Waals surface area (Å²) in [6.45, 7) is 16.6. The second kappa shape index (κ2) is 10.4. The lowest BCUT2D eigenvalue weighted by atomic mass is 10.0. The zero-order valence-electron chi connectivity index (χ0n) is 18.6. The van der Waals surface area contributed by atoms with Crippen LogP contribution in [0.15, 0.2) is 6.07 Å². The van der Waals surface area contributed by atoms with Crippen molar-refractivity contribution >= 4 is 17.6 Å². The van der Waals surface area contributed by atoms with Gasteiger partial charge in [-0.15, -0.1) is 0 Å². The van der Waals surface area contributed by atoms with Crippen LogP contribution in [0.1, 0.15) is 40.5 Å². The number of nitrogen functional groups attached to an aromatic ring is 1. The first-order valence-corrected chi connectivity index (χ1v) is 11.1. The van der Waals surface area contributed by atoms with Gasteiger partial charge in [0.15, 0.2) is 0 Å². The highest BCUT2D eigenvalue weighted by Gasteiger charge is 2.26. The first-order chi connectivity index (χ1) is 13.9. The molecule has 8 nitrogen and oxygen atoms in total. The van der Waals surface area contributed by atoms with E-state index in [9.17, 15) is 0 Å². The Kier molecular flexibility index (Phi) is 7.91. The topological polar surface area (TPSA) is 82.8 Å². The maximum Gasteiger partial charge on any atom is 0.223 e. The van der Waals surface area contributed by atoms with E-state index in [0.29, 0.717) is 24.1 Å². The minimum atomic E-state index is 0.338. The minimum absolute atomic E-state index is 0.338. The predicted molar refractivity (Wildman–Crippen MR) is 120 cm³/mol. The Labute approximate surface area is 175 Å². The standard InChI is InChI=1S/C21H39N7O/c1-16(2)28(17(3)4)10-7-23-19-15-20(25-21(22)24-19)27-8-5-18(6-9-27)26-11-13-29-14-12-26/h15-18H,5-14H2,1-4H3,(H3,22,23,24,25). The van der Waals surface area contributed by atoms with Crippen LogP contribution < -0.4 is 16.0 Å². The number of nitrogens with one attached hydrogen (secondary N) is 1. The minimum Gasteiger partial charge on any atom is -0.379 e. The predicted octanol–water partition coefficient (Wildman–Crippen LogP) is 1.89. The van der Waals surface area contributed by atoms with Crippen molar-refractivity contribution < 1.29 is 4.74 Å². The molecular weight excluding hydrogens is 366 g/mol. The van der Waals surface area contributed by atoms with E-state index in [-0.39, 0.29) is 0 Å². The first-order valence-electron chi connectivity index (χ1n) is 11.1. The molecule has 0 aliphatic carbocycles. The third kappa shape index (κ3) is 6.17. The molecule has 0 bridgehead atoms. The Hall–Kier alpha value is -1.64. The summed E-state index contributed by atoms with van der Waals surface area (Å²) in [5.74, 6) is 2.09. The fraction of sp³-hybridized carbons (Fsp3) is 0.810. The van der Waals surface area contributed by atoms with Gasteiger partial charge in [0.1, 0.15) is 11.6 Å². The van der Waals surface area contributed by atoms with E-state index in [1.165, 1.54) is 0 Å². The highest BCUT2D eigenvalue weighted by Crippen LogP contribution is 2.24. The van der Waals surface area contributed by atoms with E-state index < -0.39 is 0 Å². The summed E-state index contributed by atoms with van der Waals surface area (Å²) >= 11 is 0. The van der Waals surface area contributed by atoms with Gasteiger partial charge in [0.25, 0.3) is 0 Å². The Balaban J connectivity index is 1.54. The molecule has 29 heavy (non-hydrogen) atoms. The molecule has 2 saturated heterocycles. The van der Waals surface area contributed by atoms with E-state index in [1.807, 2.05) is 6.07 Å². The fourth-order valence-electron chi connectivity index (χ4n) is 4.53. The number of nitrogens with two attached hydrogens (primary N) is 1. The van der Waals surface area contributed by atoms with Crippen LogP contribution in [0.3, 0.4) is 0 Å². The third-order valence-corrected chi connectivity index (χ3v) is 6.08.